The van der Waals surface area contributed by atoms with Crippen LogP contribution in [0.15, 0.2) is 22.5 Å². The van der Waals surface area contributed by atoms with Gasteiger partial charge in [-0.2, -0.15) is 0 Å². The molecule has 0 aliphatic heterocycles. The molecule has 0 radical (unpaired) electrons. The van der Waals surface area contributed by atoms with Crippen molar-refractivity contribution in [1.82, 2.24) is 0 Å². The van der Waals surface area contributed by atoms with Crippen LogP contribution in [0, 0.1) is 0 Å². The Labute approximate surface area is 70.2 Å². The third-order valence-electron chi connectivity index (χ3n) is 1.33. The van der Waals surface area contributed by atoms with Gasteiger partial charge in [0.05, 0.1) is 13.2 Å². The molecule has 0 amide bonds. The molecular weight excluding hydrogens is 158 g/mol. The molecular formula is C8H11NOS. The van der Waals surface area contributed by atoms with Crippen LogP contribution < -0.4 is 0 Å². The van der Waals surface area contributed by atoms with Crippen LogP contribution in [0.4, 0.5) is 0 Å². The van der Waals surface area contributed by atoms with Gasteiger partial charge in [0.25, 0.3) is 0 Å². The van der Waals surface area contributed by atoms with E-state index in [-0.39, 0.29) is 6.61 Å². The molecule has 0 fully saturated rings. The van der Waals surface area contributed by atoms with Gasteiger partial charge in [0.15, 0.2) is 0 Å². The van der Waals surface area contributed by atoms with Crippen molar-refractivity contribution in [2.45, 2.75) is 6.92 Å². The topological polar surface area (TPSA) is 32.6 Å². The summed E-state index contributed by atoms with van der Waals surface area (Å²) < 4.78 is 0. The van der Waals surface area contributed by atoms with Crippen molar-refractivity contribution in [2.75, 3.05) is 13.2 Å². The summed E-state index contributed by atoms with van der Waals surface area (Å²) in [6.45, 7) is 2.59. The van der Waals surface area contributed by atoms with Gasteiger partial charge in [0.2, 0.25) is 0 Å². The predicted octanol–water partition coefficient (Wildman–Crippen LogP) is 1.55. The Bertz CT molecular complexity index is 228. The monoisotopic (exact) mass is 169 g/mol. The summed E-state index contributed by atoms with van der Waals surface area (Å²) in [6.07, 6.45) is 0. The molecule has 0 saturated carbocycles. The lowest BCUT2D eigenvalue weighted by Gasteiger charge is -1.93. The van der Waals surface area contributed by atoms with E-state index in [4.69, 9.17) is 5.11 Å². The van der Waals surface area contributed by atoms with Crippen molar-refractivity contribution in [1.29, 1.82) is 0 Å². The standard InChI is InChI=1S/C8H11NOS/c1-7(9-4-5-10)8-3-2-6-11-8/h2-3,6,10H,4-5H2,1H3. The number of aliphatic hydroxyl groups is 1. The lowest BCUT2D eigenvalue weighted by molar-refractivity contribution is 0.307. The molecule has 1 aromatic heterocycles. The summed E-state index contributed by atoms with van der Waals surface area (Å²) in [5.41, 5.74) is 1.01. The van der Waals surface area contributed by atoms with Crippen molar-refractivity contribution in [2.24, 2.45) is 4.99 Å². The van der Waals surface area contributed by atoms with Crippen LogP contribution in [-0.4, -0.2) is 24.0 Å². The fourth-order valence-electron chi connectivity index (χ4n) is 0.780. The summed E-state index contributed by atoms with van der Waals surface area (Å²) in [5.74, 6) is 0. The zero-order chi connectivity index (χ0) is 8.10. The number of nitrogens with zero attached hydrogens (tertiary/aromatic N) is 1. The van der Waals surface area contributed by atoms with Gasteiger partial charge in [0.1, 0.15) is 0 Å². The fourth-order valence-corrected chi connectivity index (χ4v) is 1.48. The highest BCUT2D eigenvalue weighted by atomic mass is 32.1. The molecule has 0 aromatic carbocycles. The summed E-state index contributed by atoms with van der Waals surface area (Å²) in [6, 6.07) is 4.03. The highest BCUT2D eigenvalue weighted by molar-refractivity contribution is 7.12. The molecule has 0 bridgehead atoms. The Morgan fingerprint density at radius 2 is 2.55 bits per heavy atom. The van der Waals surface area contributed by atoms with Crippen LogP contribution in [-0.2, 0) is 0 Å². The lowest BCUT2D eigenvalue weighted by atomic mass is 10.3. The summed E-state index contributed by atoms with van der Waals surface area (Å²) in [5, 5.41) is 10.5. The van der Waals surface area contributed by atoms with Gasteiger partial charge < -0.3 is 5.11 Å². The van der Waals surface area contributed by atoms with Crippen LogP contribution in [0.5, 0.6) is 0 Å². The normalized spacial score (nSPS) is 12.0. The Hall–Kier alpha value is -0.670. The third-order valence-corrected chi connectivity index (χ3v) is 2.31. The van der Waals surface area contributed by atoms with E-state index < -0.39 is 0 Å². The zero-order valence-corrected chi connectivity index (χ0v) is 7.27. The van der Waals surface area contributed by atoms with E-state index >= 15 is 0 Å². The van der Waals surface area contributed by atoms with E-state index in [0.717, 1.165) is 5.71 Å². The molecule has 1 N–H and O–H groups in total. The van der Waals surface area contributed by atoms with Gasteiger partial charge in [-0.1, -0.05) is 6.07 Å². The molecule has 60 valence electrons. The second-order valence-electron chi connectivity index (χ2n) is 2.17. The first kappa shape index (κ1) is 8.43. The van der Waals surface area contributed by atoms with E-state index in [0.29, 0.717) is 6.54 Å². The largest absolute Gasteiger partial charge is 0.394 e. The molecule has 3 heteroatoms. The minimum atomic E-state index is 0.128. The second kappa shape index (κ2) is 4.26. The Morgan fingerprint density at radius 1 is 1.73 bits per heavy atom. The van der Waals surface area contributed by atoms with Gasteiger partial charge in [-0.25, -0.2) is 0 Å². The van der Waals surface area contributed by atoms with Crippen LogP contribution in [0.3, 0.4) is 0 Å². The third kappa shape index (κ3) is 2.44. The van der Waals surface area contributed by atoms with Crippen molar-refractivity contribution < 1.29 is 5.11 Å². The van der Waals surface area contributed by atoms with E-state index in [1.807, 2.05) is 24.4 Å². The molecule has 0 aliphatic rings. The molecule has 11 heavy (non-hydrogen) atoms. The van der Waals surface area contributed by atoms with E-state index in [9.17, 15) is 0 Å². The second-order valence-corrected chi connectivity index (χ2v) is 3.12. The van der Waals surface area contributed by atoms with Gasteiger partial charge in [-0.15, -0.1) is 11.3 Å². The first-order valence-corrected chi connectivity index (χ1v) is 4.38. The minimum Gasteiger partial charge on any atom is -0.394 e. The molecule has 1 heterocycles. The number of rotatable bonds is 3. The Balaban J connectivity index is 2.62. The Morgan fingerprint density at radius 3 is 3.09 bits per heavy atom. The molecule has 0 spiro atoms. The molecule has 1 aromatic rings. The van der Waals surface area contributed by atoms with Crippen LogP contribution >= 0.6 is 11.3 Å². The highest BCUT2D eigenvalue weighted by Crippen LogP contribution is 2.09. The van der Waals surface area contributed by atoms with Crippen molar-refractivity contribution in [3.05, 3.63) is 22.4 Å². The van der Waals surface area contributed by atoms with E-state index in [1.54, 1.807) is 11.3 Å². The maximum absolute atomic E-state index is 8.51. The average molecular weight is 169 g/mol. The quantitative estimate of drug-likeness (QED) is 0.684. The van der Waals surface area contributed by atoms with Gasteiger partial charge >= 0.3 is 0 Å². The average Bonchev–Trinajstić information content (AvgIpc) is 2.52. The molecule has 1 rings (SSSR count). The summed E-state index contributed by atoms with van der Waals surface area (Å²) in [4.78, 5) is 5.34. The molecule has 0 unspecified atom stereocenters. The lowest BCUT2D eigenvalue weighted by Crippen LogP contribution is -1.95. The highest BCUT2D eigenvalue weighted by Gasteiger charge is 1.95. The SMILES string of the molecule is CC(=NCCO)c1cccs1. The van der Waals surface area contributed by atoms with Crippen molar-refractivity contribution in [3.8, 4) is 0 Å². The Kier molecular flexibility index (Phi) is 3.26. The van der Waals surface area contributed by atoms with Crippen molar-refractivity contribution >= 4 is 17.0 Å². The number of thiophene rings is 1. The van der Waals surface area contributed by atoms with Crippen LogP contribution in [0.1, 0.15) is 11.8 Å². The fraction of sp³-hybridized carbons (Fsp3) is 0.375. The summed E-state index contributed by atoms with van der Waals surface area (Å²) >= 11 is 1.67. The zero-order valence-electron chi connectivity index (χ0n) is 6.45. The molecule has 0 atom stereocenters. The first-order valence-electron chi connectivity index (χ1n) is 3.50. The number of aliphatic imine (C=N–C) groups is 1. The maximum atomic E-state index is 8.51. The van der Waals surface area contributed by atoms with Crippen LogP contribution in [0.25, 0.3) is 0 Å². The maximum Gasteiger partial charge on any atom is 0.0627 e. The van der Waals surface area contributed by atoms with Gasteiger partial charge in [-0.05, 0) is 18.4 Å². The first-order chi connectivity index (χ1) is 5.34. The van der Waals surface area contributed by atoms with Gasteiger partial charge in [0, 0.05) is 10.6 Å². The van der Waals surface area contributed by atoms with E-state index in [1.165, 1.54) is 4.88 Å². The van der Waals surface area contributed by atoms with Gasteiger partial charge in [-0.3, -0.25) is 4.99 Å². The summed E-state index contributed by atoms with van der Waals surface area (Å²) in [7, 11) is 0. The number of hydrogen-bond acceptors (Lipinski definition) is 3. The molecule has 0 saturated heterocycles. The minimum absolute atomic E-state index is 0.128. The molecule has 2 nitrogen and oxygen atoms in total. The van der Waals surface area contributed by atoms with Crippen molar-refractivity contribution in [3.63, 3.8) is 0 Å². The van der Waals surface area contributed by atoms with Crippen LogP contribution in [0.2, 0.25) is 0 Å². The smallest absolute Gasteiger partial charge is 0.0627 e. The predicted molar refractivity (Wildman–Crippen MR) is 48.5 cm³/mol. The number of aliphatic hydroxyl groups excluding tert-OH is 1. The number of hydrogen-bond donors (Lipinski definition) is 1. The van der Waals surface area contributed by atoms with E-state index in [2.05, 4.69) is 4.99 Å². The molecule has 0 aliphatic carbocycles.